The summed E-state index contributed by atoms with van der Waals surface area (Å²) in [6.07, 6.45) is 4.56. The Bertz CT molecular complexity index is 1460. The number of Topliss-reactive ketones (excluding diaryl/α,β-unsaturated/α-hetero) is 1. The number of hydrogen-bond donors (Lipinski definition) is 1. The molecule has 174 valence electrons. The fourth-order valence-electron chi connectivity index (χ4n) is 3.35. The van der Waals surface area contributed by atoms with Crippen LogP contribution in [0, 0.1) is 18.3 Å². The number of ketones is 1. The second-order valence-corrected chi connectivity index (χ2v) is 8.89. The van der Waals surface area contributed by atoms with Gasteiger partial charge in [-0.2, -0.15) is 5.26 Å². The van der Waals surface area contributed by atoms with Crippen LogP contribution in [-0.2, 0) is 6.42 Å². The zero-order chi connectivity index (χ0) is 24.9. The third kappa shape index (κ3) is 5.51. The lowest BCUT2D eigenvalue weighted by atomic mass is 10.0. The van der Waals surface area contributed by atoms with Crippen molar-refractivity contribution in [3.05, 3.63) is 87.4 Å². The molecule has 0 fully saturated rings. The smallest absolute Gasteiger partial charge is 0.259 e. The zero-order valence-electron chi connectivity index (χ0n) is 18.7. The minimum atomic E-state index is -0.442. The standard InChI is InChI=1S/C25H18ClN5O3S/c1-14-7-17(18-9-23(26)29-12-21(18)34-2)19(11-28-14)24(33)31-25-30-13-22(35-25)20(32)8-15-3-5-16(10-27)6-4-15/h3-7,9,11-13H,8H2,1-2H3,(H,30,31,33). The minimum Gasteiger partial charge on any atom is -0.494 e. The highest BCUT2D eigenvalue weighted by molar-refractivity contribution is 7.17. The van der Waals surface area contributed by atoms with Gasteiger partial charge in [-0.25, -0.2) is 9.97 Å². The Hall–Kier alpha value is -4.13. The number of pyridine rings is 2. The van der Waals surface area contributed by atoms with Crippen LogP contribution < -0.4 is 10.1 Å². The number of nitrogens with one attached hydrogen (secondary N) is 1. The van der Waals surface area contributed by atoms with Crippen LogP contribution >= 0.6 is 22.9 Å². The van der Waals surface area contributed by atoms with Gasteiger partial charge in [-0.3, -0.25) is 19.9 Å². The van der Waals surface area contributed by atoms with Gasteiger partial charge >= 0.3 is 0 Å². The third-order valence-corrected chi connectivity index (χ3v) is 6.24. The van der Waals surface area contributed by atoms with Crippen LogP contribution in [0.25, 0.3) is 11.1 Å². The van der Waals surface area contributed by atoms with Crippen LogP contribution in [0.4, 0.5) is 5.13 Å². The van der Waals surface area contributed by atoms with Crippen molar-refractivity contribution in [3.63, 3.8) is 0 Å². The number of aryl methyl sites for hydroxylation is 1. The van der Waals surface area contributed by atoms with Crippen molar-refractivity contribution in [2.75, 3.05) is 12.4 Å². The van der Waals surface area contributed by atoms with E-state index in [2.05, 4.69) is 20.3 Å². The van der Waals surface area contributed by atoms with Crippen LogP contribution in [0.2, 0.25) is 5.15 Å². The highest BCUT2D eigenvalue weighted by Crippen LogP contribution is 2.34. The number of nitriles is 1. The molecule has 0 aliphatic carbocycles. The number of benzene rings is 1. The van der Waals surface area contributed by atoms with Crippen LogP contribution in [0.1, 0.15) is 36.9 Å². The van der Waals surface area contributed by atoms with E-state index in [0.717, 1.165) is 16.9 Å². The SMILES string of the molecule is COc1cnc(Cl)cc1-c1cc(C)ncc1C(=O)Nc1ncc(C(=O)Cc2ccc(C#N)cc2)s1. The molecule has 3 aromatic heterocycles. The van der Waals surface area contributed by atoms with Gasteiger partial charge in [-0.05, 0) is 36.8 Å². The molecule has 0 saturated heterocycles. The summed E-state index contributed by atoms with van der Waals surface area (Å²) < 4.78 is 5.40. The first kappa shape index (κ1) is 24.0. The molecular formula is C25H18ClN5O3S. The maximum atomic E-state index is 13.1. The molecule has 1 amide bonds. The second kappa shape index (κ2) is 10.4. The molecule has 0 aliphatic rings. The Balaban J connectivity index is 1.55. The quantitative estimate of drug-likeness (QED) is 0.274. The van der Waals surface area contributed by atoms with E-state index in [4.69, 9.17) is 21.6 Å². The largest absolute Gasteiger partial charge is 0.494 e. The fourth-order valence-corrected chi connectivity index (χ4v) is 4.26. The van der Waals surface area contributed by atoms with Crippen molar-refractivity contribution in [2.45, 2.75) is 13.3 Å². The van der Waals surface area contributed by atoms with Crippen molar-refractivity contribution >= 4 is 39.8 Å². The van der Waals surface area contributed by atoms with Gasteiger partial charge in [0.25, 0.3) is 5.91 Å². The third-order valence-electron chi connectivity index (χ3n) is 5.08. The van der Waals surface area contributed by atoms with Gasteiger partial charge in [-0.1, -0.05) is 35.1 Å². The summed E-state index contributed by atoms with van der Waals surface area (Å²) in [7, 11) is 1.51. The molecule has 35 heavy (non-hydrogen) atoms. The monoisotopic (exact) mass is 503 g/mol. The summed E-state index contributed by atoms with van der Waals surface area (Å²) in [6.45, 7) is 1.81. The lowest BCUT2D eigenvalue weighted by Crippen LogP contribution is -2.14. The number of nitrogens with zero attached hydrogens (tertiary/aromatic N) is 4. The summed E-state index contributed by atoms with van der Waals surface area (Å²) in [4.78, 5) is 38.7. The lowest BCUT2D eigenvalue weighted by Gasteiger charge is -2.13. The lowest BCUT2D eigenvalue weighted by molar-refractivity contribution is 0.0994. The molecule has 4 aromatic rings. The van der Waals surface area contributed by atoms with Crippen LogP contribution in [0.5, 0.6) is 5.75 Å². The summed E-state index contributed by atoms with van der Waals surface area (Å²) in [6, 6.07) is 12.2. The zero-order valence-corrected chi connectivity index (χ0v) is 20.3. The molecule has 3 heterocycles. The van der Waals surface area contributed by atoms with Crippen molar-refractivity contribution in [1.29, 1.82) is 5.26 Å². The molecule has 0 bridgehead atoms. The van der Waals surface area contributed by atoms with Crippen molar-refractivity contribution in [2.24, 2.45) is 0 Å². The molecule has 0 saturated carbocycles. The van der Waals surface area contributed by atoms with Gasteiger partial charge in [0.15, 0.2) is 10.9 Å². The molecule has 1 N–H and O–H groups in total. The maximum absolute atomic E-state index is 13.1. The Morgan fingerprint density at radius 2 is 1.86 bits per heavy atom. The van der Waals surface area contributed by atoms with Gasteiger partial charge in [0.1, 0.15) is 10.9 Å². The molecule has 4 rings (SSSR count). The number of methoxy groups -OCH3 is 1. The first-order chi connectivity index (χ1) is 16.9. The Morgan fingerprint density at radius 1 is 1.09 bits per heavy atom. The normalized spacial score (nSPS) is 10.5. The maximum Gasteiger partial charge on any atom is 0.259 e. The number of thiazole rings is 1. The van der Waals surface area contributed by atoms with Crippen molar-refractivity contribution in [1.82, 2.24) is 15.0 Å². The van der Waals surface area contributed by atoms with Crippen LogP contribution in [0.3, 0.4) is 0 Å². The Kier molecular flexibility index (Phi) is 7.15. The summed E-state index contributed by atoms with van der Waals surface area (Å²) in [5.74, 6) is -0.122. The predicted molar refractivity (Wildman–Crippen MR) is 133 cm³/mol. The van der Waals surface area contributed by atoms with Crippen molar-refractivity contribution < 1.29 is 14.3 Å². The average Bonchev–Trinajstić information content (AvgIpc) is 3.33. The number of carbonyl (C=O) groups excluding carboxylic acids is 2. The van der Waals surface area contributed by atoms with E-state index in [-0.39, 0.29) is 28.1 Å². The number of amides is 1. The number of ether oxygens (including phenoxy) is 1. The Morgan fingerprint density at radius 3 is 2.57 bits per heavy atom. The van der Waals surface area contributed by atoms with Crippen LogP contribution in [-0.4, -0.2) is 33.8 Å². The summed E-state index contributed by atoms with van der Waals surface area (Å²) in [5.41, 5.74) is 3.48. The predicted octanol–water partition coefficient (Wildman–Crippen LogP) is 5.12. The number of anilines is 1. The second-order valence-electron chi connectivity index (χ2n) is 7.47. The van der Waals surface area contributed by atoms with Gasteiger partial charge in [0.2, 0.25) is 0 Å². The van der Waals surface area contributed by atoms with Crippen LogP contribution in [0.15, 0.2) is 55.0 Å². The topological polar surface area (TPSA) is 118 Å². The fraction of sp³-hybridized carbons (Fsp3) is 0.120. The van der Waals surface area contributed by atoms with Gasteiger partial charge in [0, 0.05) is 29.4 Å². The highest BCUT2D eigenvalue weighted by Gasteiger charge is 2.20. The van der Waals surface area contributed by atoms with Gasteiger partial charge < -0.3 is 4.74 Å². The molecule has 1 aromatic carbocycles. The molecular weight excluding hydrogens is 486 g/mol. The number of hydrogen-bond acceptors (Lipinski definition) is 8. The summed E-state index contributed by atoms with van der Waals surface area (Å²) >= 11 is 7.18. The van der Waals surface area contributed by atoms with E-state index < -0.39 is 5.91 Å². The van der Waals surface area contributed by atoms with Crippen molar-refractivity contribution in [3.8, 4) is 22.9 Å². The highest BCUT2D eigenvalue weighted by atomic mass is 35.5. The van der Waals surface area contributed by atoms with E-state index in [1.807, 2.05) is 13.0 Å². The number of rotatable bonds is 7. The molecule has 0 radical (unpaired) electrons. The average molecular weight is 504 g/mol. The first-order valence-electron chi connectivity index (χ1n) is 10.3. The molecule has 0 aliphatic heterocycles. The number of carbonyl (C=O) groups is 2. The molecule has 8 nitrogen and oxygen atoms in total. The van der Waals surface area contributed by atoms with Gasteiger partial charge in [0.05, 0.1) is 41.6 Å². The minimum absolute atomic E-state index is 0.137. The molecule has 0 atom stereocenters. The number of halogens is 1. The van der Waals surface area contributed by atoms with E-state index in [1.165, 1.54) is 25.7 Å². The van der Waals surface area contributed by atoms with E-state index in [9.17, 15) is 9.59 Å². The molecule has 10 heteroatoms. The summed E-state index contributed by atoms with van der Waals surface area (Å²) in [5, 5.41) is 12.2. The first-order valence-corrected chi connectivity index (χ1v) is 11.5. The molecule has 0 unspecified atom stereocenters. The Labute approximate surface area is 210 Å². The molecule has 0 spiro atoms. The van der Waals surface area contributed by atoms with Gasteiger partial charge in [-0.15, -0.1) is 0 Å². The number of aromatic nitrogens is 3. The van der Waals surface area contributed by atoms with E-state index in [1.54, 1.807) is 36.4 Å². The van der Waals surface area contributed by atoms with E-state index in [0.29, 0.717) is 33.0 Å². The van der Waals surface area contributed by atoms with E-state index >= 15 is 0 Å².